The van der Waals surface area contributed by atoms with Crippen LogP contribution in [0.3, 0.4) is 0 Å². The molecule has 0 radical (unpaired) electrons. The van der Waals surface area contributed by atoms with Gasteiger partial charge in [-0.15, -0.1) is 0 Å². The topological polar surface area (TPSA) is 22.0 Å². The van der Waals surface area contributed by atoms with Crippen LogP contribution in [0.15, 0.2) is 48.5 Å². The van der Waals surface area contributed by atoms with E-state index in [-0.39, 0.29) is 11.3 Å². The fourth-order valence-electron chi connectivity index (χ4n) is 3.00. The highest BCUT2D eigenvalue weighted by Gasteiger charge is 2.09. The zero-order valence-corrected chi connectivity index (χ0v) is 14.3. The zero-order valence-electron chi connectivity index (χ0n) is 14.3. The Morgan fingerprint density at radius 3 is 2.50 bits per heavy atom. The molecule has 2 nitrogen and oxygen atoms in total. The summed E-state index contributed by atoms with van der Waals surface area (Å²) < 4.78 is 41.4. The summed E-state index contributed by atoms with van der Waals surface area (Å²) >= 11 is 0. The van der Waals surface area contributed by atoms with Crippen LogP contribution < -0.4 is 0 Å². The molecule has 3 rings (SSSR count). The van der Waals surface area contributed by atoms with Crippen molar-refractivity contribution in [2.45, 2.75) is 26.3 Å². The SMILES string of the molecule is Cc1cc2ccccc2n1CCCC(=O)/C=C/c1cc(F)c(F)c(F)c1. The normalized spacial score (nSPS) is 11.5. The van der Waals surface area contributed by atoms with Crippen LogP contribution in [0.25, 0.3) is 17.0 Å². The van der Waals surface area contributed by atoms with Gasteiger partial charge in [0.15, 0.2) is 23.2 Å². The highest BCUT2D eigenvalue weighted by atomic mass is 19.2. The number of carbonyl (C=O) groups is 1. The van der Waals surface area contributed by atoms with Crippen LogP contribution in [0.5, 0.6) is 0 Å². The van der Waals surface area contributed by atoms with Gasteiger partial charge in [0.25, 0.3) is 0 Å². The van der Waals surface area contributed by atoms with Crippen LogP contribution in [0, 0.1) is 24.4 Å². The number of aryl methyl sites for hydroxylation is 2. The van der Waals surface area contributed by atoms with E-state index in [2.05, 4.69) is 10.6 Å². The number of halogens is 3. The molecule has 0 fully saturated rings. The first kappa shape index (κ1) is 18.0. The molecule has 0 N–H and O–H groups in total. The van der Waals surface area contributed by atoms with Gasteiger partial charge in [0.2, 0.25) is 0 Å². The highest BCUT2D eigenvalue weighted by Crippen LogP contribution is 2.20. The van der Waals surface area contributed by atoms with Crippen LogP contribution in [0.2, 0.25) is 0 Å². The van der Waals surface area contributed by atoms with Crippen molar-refractivity contribution in [1.82, 2.24) is 4.57 Å². The summed E-state index contributed by atoms with van der Waals surface area (Å²) in [4.78, 5) is 12.0. The van der Waals surface area contributed by atoms with Crippen LogP contribution in [0.1, 0.15) is 24.1 Å². The van der Waals surface area contributed by atoms with Gasteiger partial charge in [-0.2, -0.15) is 0 Å². The first-order valence-corrected chi connectivity index (χ1v) is 8.36. The highest BCUT2D eigenvalue weighted by molar-refractivity contribution is 5.93. The number of benzene rings is 2. The Morgan fingerprint density at radius 2 is 1.77 bits per heavy atom. The Bertz CT molecular complexity index is 965. The summed E-state index contributed by atoms with van der Waals surface area (Å²) in [5.41, 5.74) is 2.37. The number of allylic oxidation sites excluding steroid dienone is 1. The summed E-state index contributed by atoms with van der Waals surface area (Å²) in [6.07, 6.45) is 3.53. The van der Waals surface area contributed by atoms with Gasteiger partial charge < -0.3 is 4.57 Å². The van der Waals surface area contributed by atoms with Gasteiger partial charge in [-0.3, -0.25) is 4.79 Å². The lowest BCUT2D eigenvalue weighted by Gasteiger charge is -2.07. The summed E-state index contributed by atoms with van der Waals surface area (Å²) in [7, 11) is 0. The second-order valence-electron chi connectivity index (χ2n) is 6.20. The van der Waals surface area contributed by atoms with Gasteiger partial charge >= 0.3 is 0 Å². The van der Waals surface area contributed by atoms with Crippen molar-refractivity contribution in [2.75, 3.05) is 0 Å². The van der Waals surface area contributed by atoms with E-state index in [1.165, 1.54) is 12.2 Å². The molecule has 0 unspecified atom stereocenters. The molecule has 0 aliphatic heterocycles. The fourth-order valence-corrected chi connectivity index (χ4v) is 3.00. The largest absolute Gasteiger partial charge is 0.345 e. The summed E-state index contributed by atoms with van der Waals surface area (Å²) in [6, 6.07) is 11.9. The molecule has 0 aliphatic rings. The van der Waals surface area contributed by atoms with Gasteiger partial charge in [0, 0.05) is 24.2 Å². The summed E-state index contributed by atoms with van der Waals surface area (Å²) in [5.74, 6) is -4.20. The molecule has 26 heavy (non-hydrogen) atoms. The third-order valence-electron chi connectivity index (χ3n) is 4.29. The lowest BCUT2D eigenvalue weighted by Crippen LogP contribution is -2.02. The van der Waals surface area contributed by atoms with Crippen molar-refractivity contribution in [3.63, 3.8) is 0 Å². The summed E-state index contributed by atoms with van der Waals surface area (Å²) in [5, 5.41) is 1.16. The monoisotopic (exact) mass is 357 g/mol. The second kappa shape index (κ2) is 7.60. The van der Waals surface area contributed by atoms with E-state index in [1.807, 2.05) is 31.2 Å². The number of ketones is 1. The third kappa shape index (κ3) is 3.87. The maximum Gasteiger partial charge on any atom is 0.194 e. The van der Waals surface area contributed by atoms with Crippen molar-refractivity contribution >= 4 is 22.8 Å². The molecular weight excluding hydrogens is 339 g/mol. The van der Waals surface area contributed by atoms with E-state index in [0.29, 0.717) is 19.4 Å². The first-order valence-electron chi connectivity index (χ1n) is 8.36. The molecule has 5 heteroatoms. The Kier molecular flexibility index (Phi) is 5.26. The van der Waals surface area contributed by atoms with E-state index in [1.54, 1.807) is 0 Å². The Morgan fingerprint density at radius 1 is 1.08 bits per heavy atom. The van der Waals surface area contributed by atoms with Crippen molar-refractivity contribution < 1.29 is 18.0 Å². The quantitative estimate of drug-likeness (QED) is 0.426. The smallest absolute Gasteiger partial charge is 0.194 e. The number of aromatic nitrogens is 1. The second-order valence-corrected chi connectivity index (χ2v) is 6.20. The molecule has 0 saturated carbocycles. The minimum atomic E-state index is -1.51. The Labute approximate surface area is 149 Å². The van der Waals surface area contributed by atoms with Gasteiger partial charge in [0.05, 0.1) is 0 Å². The van der Waals surface area contributed by atoms with Gasteiger partial charge in [-0.05, 0) is 54.6 Å². The Balaban J connectivity index is 1.60. The van der Waals surface area contributed by atoms with Gasteiger partial charge in [-0.25, -0.2) is 13.2 Å². The number of carbonyl (C=O) groups excluding carboxylic acids is 1. The average Bonchev–Trinajstić information content (AvgIpc) is 2.93. The van der Waals surface area contributed by atoms with Crippen LogP contribution in [0.4, 0.5) is 13.2 Å². The number of para-hydroxylation sites is 1. The molecule has 0 aliphatic carbocycles. The molecule has 134 valence electrons. The molecule has 0 bridgehead atoms. The molecule has 0 saturated heterocycles. The molecule has 3 aromatic rings. The average molecular weight is 357 g/mol. The number of hydrogen-bond acceptors (Lipinski definition) is 1. The number of hydrogen-bond donors (Lipinski definition) is 0. The molecule has 0 amide bonds. The molecule has 1 aromatic heterocycles. The summed E-state index contributed by atoms with van der Waals surface area (Å²) in [6.45, 7) is 2.73. The minimum Gasteiger partial charge on any atom is -0.345 e. The lowest BCUT2D eigenvalue weighted by atomic mass is 10.1. The number of fused-ring (bicyclic) bond motifs is 1. The molecular formula is C21H18F3NO. The van der Waals surface area contributed by atoms with E-state index in [0.717, 1.165) is 28.7 Å². The van der Waals surface area contributed by atoms with Crippen molar-refractivity contribution in [3.8, 4) is 0 Å². The van der Waals surface area contributed by atoms with Crippen LogP contribution >= 0.6 is 0 Å². The minimum absolute atomic E-state index is 0.113. The van der Waals surface area contributed by atoms with Crippen molar-refractivity contribution in [2.24, 2.45) is 0 Å². The van der Waals surface area contributed by atoms with E-state index in [9.17, 15) is 18.0 Å². The standard InChI is InChI=1S/C21H18F3NO/c1-14-11-16-5-2-3-7-20(16)25(14)10-4-6-17(26)9-8-15-12-18(22)21(24)19(23)13-15/h2-3,5,7-9,11-13H,4,6,10H2,1H3/b9-8+. The van der Waals surface area contributed by atoms with E-state index < -0.39 is 17.5 Å². The Hall–Kier alpha value is -2.82. The third-order valence-corrected chi connectivity index (χ3v) is 4.29. The first-order chi connectivity index (χ1) is 12.5. The molecule has 0 spiro atoms. The molecule has 2 aromatic carbocycles. The fraction of sp³-hybridized carbons (Fsp3) is 0.190. The maximum atomic E-state index is 13.2. The lowest BCUT2D eigenvalue weighted by molar-refractivity contribution is -0.114. The van der Waals surface area contributed by atoms with Gasteiger partial charge in [-0.1, -0.05) is 24.3 Å². The molecule has 0 atom stereocenters. The maximum absolute atomic E-state index is 13.2. The predicted molar refractivity (Wildman–Crippen MR) is 96.3 cm³/mol. The van der Waals surface area contributed by atoms with Crippen molar-refractivity contribution in [1.29, 1.82) is 0 Å². The number of rotatable bonds is 6. The zero-order chi connectivity index (χ0) is 18.7. The van der Waals surface area contributed by atoms with Crippen LogP contribution in [-0.2, 0) is 11.3 Å². The van der Waals surface area contributed by atoms with Gasteiger partial charge in [0.1, 0.15) is 0 Å². The molecule has 1 heterocycles. The van der Waals surface area contributed by atoms with Crippen LogP contribution in [-0.4, -0.2) is 10.4 Å². The van der Waals surface area contributed by atoms with Crippen molar-refractivity contribution in [3.05, 3.63) is 77.2 Å². The predicted octanol–water partition coefficient (Wildman–Crippen LogP) is 5.43. The van der Waals surface area contributed by atoms with E-state index in [4.69, 9.17) is 0 Å². The van der Waals surface area contributed by atoms with E-state index >= 15 is 0 Å². The number of nitrogens with zero attached hydrogens (tertiary/aromatic N) is 1.